The van der Waals surface area contributed by atoms with Gasteiger partial charge in [0, 0.05) is 10.6 Å². The fraction of sp³-hybridized carbons (Fsp3) is 0.385. The van der Waals surface area contributed by atoms with Gasteiger partial charge in [-0.1, -0.05) is 17.7 Å². The highest BCUT2D eigenvalue weighted by molar-refractivity contribution is 6.30. The molecule has 2 N–H and O–H groups in total. The van der Waals surface area contributed by atoms with E-state index in [1.807, 2.05) is 6.07 Å². The number of carbonyl (C=O) groups excluding carboxylic acids is 1. The van der Waals surface area contributed by atoms with Crippen LogP contribution in [0.2, 0.25) is 5.02 Å². The molecule has 0 heterocycles. The number of hydrogen-bond donors (Lipinski definition) is 2. The molecule has 0 aliphatic rings. The van der Waals surface area contributed by atoms with E-state index in [4.69, 9.17) is 16.9 Å². The van der Waals surface area contributed by atoms with Gasteiger partial charge in [-0.2, -0.15) is 5.26 Å². The molecule has 19 heavy (non-hydrogen) atoms. The SMILES string of the molecule is CCOC(=O)CC(O)C(O)c1ccc(Cl)cc1C#N. The van der Waals surface area contributed by atoms with Crippen LogP contribution in [0.5, 0.6) is 0 Å². The summed E-state index contributed by atoms with van der Waals surface area (Å²) in [6, 6.07) is 6.21. The Kier molecular flexibility index (Phi) is 5.77. The number of carbonyl (C=O) groups is 1. The summed E-state index contributed by atoms with van der Waals surface area (Å²) >= 11 is 5.74. The van der Waals surface area contributed by atoms with Crippen molar-refractivity contribution in [2.75, 3.05) is 6.61 Å². The zero-order valence-electron chi connectivity index (χ0n) is 10.3. The van der Waals surface area contributed by atoms with E-state index < -0.39 is 18.2 Å². The number of halogens is 1. The molecule has 0 spiro atoms. The summed E-state index contributed by atoms with van der Waals surface area (Å²) in [6.07, 6.45) is -3.04. The molecule has 2 unspecified atom stereocenters. The first kappa shape index (κ1) is 15.4. The lowest BCUT2D eigenvalue weighted by molar-refractivity contribution is -0.147. The topological polar surface area (TPSA) is 90.6 Å². The summed E-state index contributed by atoms with van der Waals surface area (Å²) in [5.41, 5.74) is 0.381. The number of nitrogens with zero attached hydrogens (tertiary/aromatic N) is 1. The van der Waals surface area contributed by atoms with Gasteiger partial charge in [0.1, 0.15) is 6.10 Å². The maximum atomic E-state index is 11.2. The number of aliphatic hydroxyl groups excluding tert-OH is 2. The van der Waals surface area contributed by atoms with Crippen LogP contribution in [0.3, 0.4) is 0 Å². The van der Waals surface area contributed by atoms with Crippen LogP contribution in [0.15, 0.2) is 18.2 Å². The molecule has 5 nitrogen and oxygen atoms in total. The highest BCUT2D eigenvalue weighted by Crippen LogP contribution is 2.25. The first-order chi connectivity index (χ1) is 8.99. The molecule has 0 aromatic heterocycles. The van der Waals surface area contributed by atoms with Gasteiger partial charge in [-0.25, -0.2) is 0 Å². The normalized spacial score (nSPS) is 13.4. The smallest absolute Gasteiger partial charge is 0.308 e. The van der Waals surface area contributed by atoms with E-state index in [0.717, 1.165) is 0 Å². The quantitative estimate of drug-likeness (QED) is 0.800. The molecule has 0 amide bonds. The monoisotopic (exact) mass is 283 g/mol. The van der Waals surface area contributed by atoms with Gasteiger partial charge in [-0.15, -0.1) is 0 Å². The maximum absolute atomic E-state index is 11.2. The summed E-state index contributed by atoms with van der Waals surface area (Å²) in [5.74, 6) is -0.610. The first-order valence-corrected chi connectivity index (χ1v) is 6.08. The van der Waals surface area contributed by atoms with Gasteiger partial charge in [-0.3, -0.25) is 4.79 Å². The molecular formula is C13H14ClNO4. The van der Waals surface area contributed by atoms with E-state index in [1.54, 1.807) is 6.92 Å². The van der Waals surface area contributed by atoms with Crippen molar-refractivity contribution in [3.05, 3.63) is 34.3 Å². The van der Waals surface area contributed by atoms with Crippen molar-refractivity contribution in [2.45, 2.75) is 25.6 Å². The summed E-state index contributed by atoms with van der Waals surface area (Å²) in [6.45, 7) is 1.85. The Bertz CT molecular complexity index is 498. The van der Waals surface area contributed by atoms with E-state index in [9.17, 15) is 15.0 Å². The van der Waals surface area contributed by atoms with Gasteiger partial charge in [-0.05, 0) is 19.1 Å². The van der Waals surface area contributed by atoms with Crippen LogP contribution in [0.1, 0.15) is 30.6 Å². The number of rotatable bonds is 5. The average molecular weight is 284 g/mol. The third kappa shape index (κ3) is 4.21. The van der Waals surface area contributed by atoms with Crippen LogP contribution in [0.4, 0.5) is 0 Å². The van der Waals surface area contributed by atoms with Gasteiger partial charge < -0.3 is 14.9 Å². The molecule has 2 atom stereocenters. The molecular weight excluding hydrogens is 270 g/mol. The predicted molar refractivity (Wildman–Crippen MR) is 68.4 cm³/mol. The minimum absolute atomic E-state index is 0.155. The number of ether oxygens (including phenoxy) is 1. The minimum atomic E-state index is -1.35. The molecule has 1 aromatic rings. The lowest BCUT2D eigenvalue weighted by atomic mass is 9.98. The summed E-state index contributed by atoms with van der Waals surface area (Å²) in [4.78, 5) is 11.2. The zero-order chi connectivity index (χ0) is 14.4. The molecule has 102 valence electrons. The van der Waals surface area contributed by atoms with Crippen molar-refractivity contribution in [2.24, 2.45) is 0 Å². The van der Waals surface area contributed by atoms with Crippen molar-refractivity contribution in [1.29, 1.82) is 5.26 Å². The lowest BCUT2D eigenvalue weighted by Gasteiger charge is -2.18. The van der Waals surface area contributed by atoms with Crippen molar-refractivity contribution in [3.8, 4) is 6.07 Å². The number of aliphatic hydroxyl groups is 2. The summed E-state index contributed by atoms with van der Waals surface area (Å²) < 4.78 is 4.68. The molecule has 6 heteroatoms. The van der Waals surface area contributed by atoms with E-state index in [2.05, 4.69) is 4.74 Å². The van der Waals surface area contributed by atoms with Crippen molar-refractivity contribution in [1.82, 2.24) is 0 Å². The average Bonchev–Trinajstić information content (AvgIpc) is 2.37. The van der Waals surface area contributed by atoms with Crippen LogP contribution in [-0.4, -0.2) is 28.9 Å². The van der Waals surface area contributed by atoms with Crippen LogP contribution >= 0.6 is 11.6 Å². The van der Waals surface area contributed by atoms with Crippen LogP contribution in [-0.2, 0) is 9.53 Å². The number of esters is 1. The maximum Gasteiger partial charge on any atom is 0.308 e. The molecule has 0 radical (unpaired) electrons. The van der Waals surface area contributed by atoms with Crippen molar-refractivity contribution in [3.63, 3.8) is 0 Å². The van der Waals surface area contributed by atoms with Crippen LogP contribution in [0.25, 0.3) is 0 Å². The second-order valence-corrected chi connectivity index (χ2v) is 4.30. The second-order valence-electron chi connectivity index (χ2n) is 3.86. The number of benzene rings is 1. The highest BCUT2D eigenvalue weighted by atomic mass is 35.5. The molecule has 0 fully saturated rings. The Morgan fingerprint density at radius 2 is 2.21 bits per heavy atom. The summed E-state index contributed by atoms with van der Waals surface area (Å²) in [5, 5.41) is 29.0. The Balaban J connectivity index is 2.85. The van der Waals surface area contributed by atoms with E-state index >= 15 is 0 Å². The standard InChI is InChI=1S/C13H14ClNO4/c1-2-19-12(17)6-11(16)13(18)10-4-3-9(14)5-8(10)7-15/h3-5,11,13,16,18H,2,6H2,1H3. The molecule has 0 bridgehead atoms. The Morgan fingerprint density at radius 1 is 1.53 bits per heavy atom. The van der Waals surface area contributed by atoms with E-state index in [1.165, 1.54) is 18.2 Å². The van der Waals surface area contributed by atoms with Gasteiger partial charge in [0.05, 0.1) is 30.8 Å². The molecule has 0 saturated carbocycles. The Morgan fingerprint density at radius 3 is 2.79 bits per heavy atom. The zero-order valence-corrected chi connectivity index (χ0v) is 11.1. The Labute approximate surface area is 116 Å². The van der Waals surface area contributed by atoms with Crippen LogP contribution < -0.4 is 0 Å². The molecule has 0 saturated heterocycles. The minimum Gasteiger partial charge on any atom is -0.466 e. The lowest BCUT2D eigenvalue weighted by Crippen LogP contribution is -2.23. The third-order valence-corrected chi connectivity index (χ3v) is 2.74. The Hall–Kier alpha value is -1.61. The molecule has 1 rings (SSSR count). The number of nitriles is 1. The van der Waals surface area contributed by atoms with Gasteiger partial charge in [0.15, 0.2) is 0 Å². The van der Waals surface area contributed by atoms with Gasteiger partial charge >= 0.3 is 5.97 Å². The molecule has 0 aliphatic heterocycles. The number of hydrogen-bond acceptors (Lipinski definition) is 5. The fourth-order valence-corrected chi connectivity index (χ4v) is 1.76. The molecule has 1 aromatic carbocycles. The van der Waals surface area contributed by atoms with E-state index in [-0.39, 0.29) is 24.2 Å². The fourth-order valence-electron chi connectivity index (χ4n) is 1.59. The third-order valence-electron chi connectivity index (χ3n) is 2.50. The first-order valence-electron chi connectivity index (χ1n) is 5.70. The van der Waals surface area contributed by atoms with Crippen molar-refractivity contribution < 1.29 is 19.7 Å². The van der Waals surface area contributed by atoms with E-state index in [0.29, 0.717) is 5.02 Å². The predicted octanol–water partition coefficient (Wildman–Crippen LogP) is 1.56. The molecule has 0 aliphatic carbocycles. The van der Waals surface area contributed by atoms with Gasteiger partial charge in [0.2, 0.25) is 0 Å². The largest absolute Gasteiger partial charge is 0.466 e. The summed E-state index contributed by atoms with van der Waals surface area (Å²) in [7, 11) is 0. The van der Waals surface area contributed by atoms with Crippen LogP contribution in [0, 0.1) is 11.3 Å². The van der Waals surface area contributed by atoms with Gasteiger partial charge in [0.25, 0.3) is 0 Å². The van der Waals surface area contributed by atoms with Crippen molar-refractivity contribution >= 4 is 17.6 Å². The second kappa shape index (κ2) is 7.10. The highest BCUT2D eigenvalue weighted by Gasteiger charge is 2.24.